The molecule has 0 aliphatic carbocycles. The molecule has 1 atom stereocenters. The molecule has 1 unspecified atom stereocenters. The molecule has 0 bridgehead atoms. The van der Waals surface area contributed by atoms with Crippen LogP contribution in [0.25, 0.3) is 0 Å². The van der Waals surface area contributed by atoms with Crippen LogP contribution in [0.1, 0.15) is 19.3 Å². The first-order valence-corrected chi connectivity index (χ1v) is 7.06. The Morgan fingerprint density at radius 3 is 2.60 bits per heavy atom. The van der Waals surface area contributed by atoms with Crippen LogP contribution >= 0.6 is 0 Å². The zero-order valence-electron chi connectivity index (χ0n) is 9.06. The molecule has 84 valence electrons. The van der Waals surface area contributed by atoms with Crippen molar-refractivity contribution in [1.82, 2.24) is 0 Å². The molecular weight excluding hydrogens is 255 g/mol. The Morgan fingerprint density at radius 1 is 1.27 bits per heavy atom. The van der Waals surface area contributed by atoms with Gasteiger partial charge < -0.3 is 0 Å². The third-order valence-electron chi connectivity index (χ3n) is 2.12. The Balaban J connectivity index is 2.33. The van der Waals surface area contributed by atoms with Gasteiger partial charge in [-0.25, -0.2) is 0 Å². The summed E-state index contributed by atoms with van der Waals surface area (Å²) in [5, 5.41) is 9.05. The van der Waals surface area contributed by atoms with Crippen LogP contribution in [0.3, 0.4) is 0 Å². The number of unbranched alkanes of at least 4 members (excludes halogenated alkanes) is 1. The monoisotopic (exact) mass is 274 g/mol. The molecule has 1 N–H and O–H groups in total. The second kappa shape index (κ2) is 7.89. The second-order valence-electron chi connectivity index (χ2n) is 3.32. The molecule has 0 heterocycles. The molecule has 0 aromatic heterocycles. The van der Waals surface area contributed by atoms with Crippen molar-refractivity contribution in [3.63, 3.8) is 0 Å². The van der Waals surface area contributed by atoms with Gasteiger partial charge in [-0.3, -0.25) is 0 Å². The van der Waals surface area contributed by atoms with E-state index in [1.165, 1.54) is 4.46 Å². The van der Waals surface area contributed by atoms with Crippen LogP contribution in [0.15, 0.2) is 30.3 Å². The van der Waals surface area contributed by atoms with Gasteiger partial charge in [-0.05, 0) is 0 Å². The fourth-order valence-corrected chi connectivity index (χ4v) is 3.39. The first kappa shape index (κ1) is 12.7. The maximum absolute atomic E-state index is 8.71. The molecule has 0 saturated carbocycles. The minimum atomic E-state index is 0.286. The van der Waals surface area contributed by atoms with Crippen LogP contribution in [-0.2, 0) is 4.74 Å². The molecule has 0 aliphatic rings. The van der Waals surface area contributed by atoms with Gasteiger partial charge in [0.05, 0.1) is 0 Å². The molecule has 15 heavy (non-hydrogen) atoms. The van der Waals surface area contributed by atoms with E-state index in [-0.39, 0.29) is 6.61 Å². The second-order valence-corrected chi connectivity index (χ2v) is 5.90. The van der Waals surface area contributed by atoms with Gasteiger partial charge in [0.2, 0.25) is 0 Å². The molecule has 0 aliphatic heterocycles. The fourth-order valence-electron chi connectivity index (χ4n) is 1.30. The van der Waals surface area contributed by atoms with E-state index in [4.69, 9.17) is 9.84 Å². The standard InChI is InChI=1S/C12H18O2Se/c1-14-12(9-5-6-10-13)15-11-7-3-2-4-8-11/h2-4,7-8,12-13H,5-6,9-10H2,1H3. The molecule has 0 saturated heterocycles. The fraction of sp³-hybridized carbons (Fsp3) is 0.500. The predicted octanol–water partition coefficient (Wildman–Crippen LogP) is 1.15. The van der Waals surface area contributed by atoms with E-state index >= 15 is 0 Å². The molecule has 0 radical (unpaired) electrons. The van der Waals surface area contributed by atoms with Crippen molar-refractivity contribution in [3.05, 3.63) is 30.3 Å². The summed E-state index contributed by atoms with van der Waals surface area (Å²) in [5.41, 5.74) is 0. The van der Waals surface area contributed by atoms with E-state index < -0.39 is 0 Å². The molecule has 0 fully saturated rings. The number of aliphatic hydroxyl groups excluding tert-OH is 1. The predicted molar refractivity (Wildman–Crippen MR) is 63.6 cm³/mol. The van der Waals surface area contributed by atoms with Crippen molar-refractivity contribution in [2.75, 3.05) is 13.7 Å². The van der Waals surface area contributed by atoms with Crippen LogP contribution in [0.4, 0.5) is 0 Å². The average Bonchev–Trinajstić information content (AvgIpc) is 2.29. The van der Waals surface area contributed by atoms with Gasteiger partial charge in [-0.1, -0.05) is 0 Å². The van der Waals surface area contributed by atoms with Crippen LogP contribution in [0, 0.1) is 0 Å². The summed E-state index contributed by atoms with van der Waals surface area (Å²) in [7, 11) is 1.77. The third kappa shape index (κ3) is 5.33. The van der Waals surface area contributed by atoms with Gasteiger partial charge in [-0.15, -0.1) is 0 Å². The topological polar surface area (TPSA) is 29.5 Å². The zero-order chi connectivity index (χ0) is 10.9. The summed E-state index contributed by atoms with van der Waals surface area (Å²) in [6.45, 7) is 0.286. The number of rotatable bonds is 7. The summed E-state index contributed by atoms with van der Waals surface area (Å²) in [6.07, 6.45) is 2.97. The first-order valence-electron chi connectivity index (χ1n) is 5.22. The van der Waals surface area contributed by atoms with E-state index in [9.17, 15) is 0 Å². The number of hydrogen-bond donors (Lipinski definition) is 1. The molecule has 0 amide bonds. The van der Waals surface area contributed by atoms with Gasteiger partial charge in [0.25, 0.3) is 0 Å². The summed E-state index contributed by atoms with van der Waals surface area (Å²) >= 11 is 0.380. The SMILES string of the molecule is COC(CCCCO)[Se]c1ccccc1. The van der Waals surface area contributed by atoms with Crippen molar-refractivity contribution >= 4 is 19.4 Å². The van der Waals surface area contributed by atoms with E-state index in [0.717, 1.165) is 19.3 Å². The van der Waals surface area contributed by atoms with E-state index in [1.807, 2.05) is 6.07 Å². The van der Waals surface area contributed by atoms with Crippen molar-refractivity contribution in [2.24, 2.45) is 0 Å². The maximum atomic E-state index is 8.71. The molecule has 0 spiro atoms. The zero-order valence-corrected chi connectivity index (χ0v) is 10.8. The summed E-state index contributed by atoms with van der Waals surface area (Å²) in [5.74, 6) is 0. The molecule has 1 aromatic rings. The van der Waals surface area contributed by atoms with Crippen LogP contribution in [0.2, 0.25) is 0 Å². The van der Waals surface area contributed by atoms with Crippen LogP contribution < -0.4 is 4.46 Å². The Kier molecular flexibility index (Phi) is 6.69. The quantitative estimate of drug-likeness (QED) is 0.596. The third-order valence-corrected chi connectivity index (χ3v) is 4.71. The normalized spacial score (nSPS) is 12.7. The van der Waals surface area contributed by atoms with Gasteiger partial charge in [0, 0.05) is 0 Å². The Hall–Kier alpha value is -0.341. The van der Waals surface area contributed by atoms with Crippen molar-refractivity contribution in [1.29, 1.82) is 0 Å². The van der Waals surface area contributed by atoms with E-state index in [0.29, 0.717) is 20.0 Å². The molecule has 1 rings (SSSR count). The summed E-state index contributed by atoms with van der Waals surface area (Å²) in [4.78, 5) is 0. The Morgan fingerprint density at radius 2 is 2.00 bits per heavy atom. The van der Waals surface area contributed by atoms with Crippen molar-refractivity contribution in [2.45, 2.75) is 24.3 Å². The average molecular weight is 273 g/mol. The number of benzene rings is 1. The number of ether oxygens (including phenoxy) is 1. The minimum absolute atomic E-state index is 0.286. The number of hydrogen-bond acceptors (Lipinski definition) is 2. The van der Waals surface area contributed by atoms with E-state index in [1.54, 1.807) is 7.11 Å². The van der Waals surface area contributed by atoms with Crippen molar-refractivity contribution in [3.8, 4) is 0 Å². The van der Waals surface area contributed by atoms with Crippen LogP contribution in [0.5, 0.6) is 0 Å². The van der Waals surface area contributed by atoms with Crippen LogP contribution in [-0.4, -0.2) is 38.8 Å². The molecular formula is C12H18O2Se. The Labute approximate surface area is 97.8 Å². The molecule has 1 aromatic carbocycles. The van der Waals surface area contributed by atoms with Gasteiger partial charge >= 0.3 is 97.6 Å². The molecule has 3 heteroatoms. The Bertz CT molecular complexity index is 251. The van der Waals surface area contributed by atoms with Gasteiger partial charge in [0.15, 0.2) is 0 Å². The first-order chi connectivity index (χ1) is 7.36. The van der Waals surface area contributed by atoms with Crippen molar-refractivity contribution < 1.29 is 9.84 Å². The van der Waals surface area contributed by atoms with E-state index in [2.05, 4.69) is 24.3 Å². The summed E-state index contributed by atoms with van der Waals surface area (Å²) < 4.78 is 6.82. The summed E-state index contributed by atoms with van der Waals surface area (Å²) in [6, 6.07) is 10.5. The van der Waals surface area contributed by atoms with Gasteiger partial charge in [0.1, 0.15) is 0 Å². The number of methoxy groups -OCH3 is 1. The van der Waals surface area contributed by atoms with Gasteiger partial charge in [-0.2, -0.15) is 0 Å². The molecule has 2 nitrogen and oxygen atoms in total. The number of aliphatic hydroxyl groups is 1.